The van der Waals surface area contributed by atoms with E-state index in [4.69, 9.17) is 0 Å². The first kappa shape index (κ1) is 11.5. The molecule has 1 aromatic carbocycles. The highest BCUT2D eigenvalue weighted by atomic mass is 16.3. The molecule has 1 aliphatic heterocycles. The molecule has 1 heterocycles. The Labute approximate surface area is 122 Å². The molecule has 0 aromatic heterocycles. The third-order valence-electron chi connectivity index (χ3n) is 5.75. The van der Waals surface area contributed by atoms with Crippen molar-refractivity contribution in [3.63, 3.8) is 0 Å². The smallest absolute Gasteiger partial charge is 0.238 e. The van der Waals surface area contributed by atoms with Crippen molar-refractivity contribution in [2.24, 2.45) is 35.5 Å². The second-order valence-corrected chi connectivity index (χ2v) is 6.69. The van der Waals surface area contributed by atoms with Crippen molar-refractivity contribution in [1.82, 2.24) is 0 Å². The quantitative estimate of drug-likeness (QED) is 0.632. The van der Waals surface area contributed by atoms with Gasteiger partial charge in [0, 0.05) is 6.07 Å². The van der Waals surface area contributed by atoms with Gasteiger partial charge in [-0.2, -0.15) is 0 Å². The Hall–Kier alpha value is -2.10. The zero-order valence-electron chi connectivity index (χ0n) is 11.3. The molecule has 106 valence electrons. The lowest BCUT2D eigenvalue weighted by Crippen LogP contribution is -2.40. The van der Waals surface area contributed by atoms with Crippen molar-refractivity contribution < 1.29 is 14.7 Å². The molecule has 3 fully saturated rings. The third kappa shape index (κ3) is 1.30. The van der Waals surface area contributed by atoms with E-state index in [1.807, 2.05) is 0 Å². The van der Waals surface area contributed by atoms with Crippen LogP contribution >= 0.6 is 0 Å². The monoisotopic (exact) mass is 281 g/mol. The van der Waals surface area contributed by atoms with Crippen molar-refractivity contribution in [3.8, 4) is 5.75 Å². The van der Waals surface area contributed by atoms with Crippen LogP contribution in [0.5, 0.6) is 5.75 Å². The Morgan fingerprint density at radius 3 is 2.19 bits per heavy atom. The van der Waals surface area contributed by atoms with Crippen molar-refractivity contribution >= 4 is 17.5 Å². The van der Waals surface area contributed by atoms with E-state index in [2.05, 4.69) is 12.2 Å². The lowest BCUT2D eigenvalue weighted by atomic mass is 9.63. The number of nitrogens with zero attached hydrogens (tertiary/aromatic N) is 1. The van der Waals surface area contributed by atoms with Crippen LogP contribution in [0.25, 0.3) is 0 Å². The summed E-state index contributed by atoms with van der Waals surface area (Å²) in [4.78, 5) is 26.9. The molecular weight excluding hydrogens is 266 g/mol. The zero-order valence-corrected chi connectivity index (χ0v) is 11.3. The molecule has 0 unspecified atom stereocenters. The Bertz CT molecular complexity index is 674. The Kier molecular flexibility index (Phi) is 1.96. The van der Waals surface area contributed by atoms with Gasteiger partial charge in [0.2, 0.25) is 11.8 Å². The number of imide groups is 1. The van der Waals surface area contributed by atoms with Gasteiger partial charge >= 0.3 is 0 Å². The Morgan fingerprint density at radius 1 is 1.00 bits per heavy atom. The van der Waals surface area contributed by atoms with Gasteiger partial charge in [0.05, 0.1) is 17.5 Å². The molecule has 4 aliphatic carbocycles. The summed E-state index contributed by atoms with van der Waals surface area (Å²) < 4.78 is 0. The number of amides is 2. The van der Waals surface area contributed by atoms with Crippen molar-refractivity contribution in [3.05, 3.63) is 36.4 Å². The Balaban J connectivity index is 1.60. The lowest BCUT2D eigenvalue weighted by Gasteiger charge is -2.37. The number of carbonyl (C=O) groups is 2. The van der Waals surface area contributed by atoms with Crippen LogP contribution in [0.15, 0.2) is 36.4 Å². The van der Waals surface area contributed by atoms with Gasteiger partial charge in [0.1, 0.15) is 5.75 Å². The standard InChI is InChI=1S/C17H15NO3/c19-9-3-1-2-8(6-9)18-16(20)14-10-4-5-11(13-7-12(10)13)15(14)17(18)21/h1-6,10-15,19H,7H2/t10-,11-,12-,13-,14-,15+/m0/s1. The molecule has 1 saturated heterocycles. The van der Waals surface area contributed by atoms with Gasteiger partial charge in [-0.05, 0) is 42.2 Å². The normalized spacial score (nSPS) is 42.2. The van der Waals surface area contributed by atoms with E-state index in [0.29, 0.717) is 17.5 Å². The SMILES string of the molecule is O=C1[C@@H]2[C@H]3C=C[C@@H]([C@@H]4C[C@@H]34)[C@@H]2C(=O)N1c1cccc(O)c1. The number of benzene rings is 1. The van der Waals surface area contributed by atoms with Gasteiger partial charge in [-0.15, -0.1) is 0 Å². The van der Waals surface area contributed by atoms with Gasteiger partial charge in [0.25, 0.3) is 0 Å². The molecule has 2 saturated carbocycles. The van der Waals surface area contributed by atoms with E-state index in [1.165, 1.54) is 17.4 Å². The highest BCUT2D eigenvalue weighted by Crippen LogP contribution is 2.65. The molecule has 0 spiro atoms. The number of phenolic OH excluding ortho intramolecular Hbond substituents is 1. The molecule has 21 heavy (non-hydrogen) atoms. The van der Waals surface area contributed by atoms with Crippen LogP contribution in [0.4, 0.5) is 5.69 Å². The zero-order chi connectivity index (χ0) is 14.3. The van der Waals surface area contributed by atoms with Gasteiger partial charge in [-0.25, -0.2) is 4.90 Å². The summed E-state index contributed by atoms with van der Waals surface area (Å²) >= 11 is 0. The fourth-order valence-electron chi connectivity index (χ4n) is 4.84. The second-order valence-electron chi connectivity index (χ2n) is 6.69. The van der Waals surface area contributed by atoms with E-state index in [9.17, 15) is 14.7 Å². The van der Waals surface area contributed by atoms with Crippen LogP contribution in [-0.4, -0.2) is 16.9 Å². The van der Waals surface area contributed by atoms with Crippen LogP contribution in [-0.2, 0) is 9.59 Å². The number of aromatic hydroxyl groups is 1. The van der Waals surface area contributed by atoms with E-state index in [0.717, 1.165) is 0 Å². The predicted octanol–water partition coefficient (Wildman–Crippen LogP) is 1.95. The highest BCUT2D eigenvalue weighted by molar-refractivity contribution is 6.22. The van der Waals surface area contributed by atoms with Crippen LogP contribution in [0.3, 0.4) is 0 Å². The number of rotatable bonds is 1. The fourth-order valence-corrected chi connectivity index (χ4v) is 4.84. The first-order valence-electron chi connectivity index (χ1n) is 7.52. The summed E-state index contributed by atoms with van der Waals surface area (Å²) in [6, 6.07) is 6.41. The molecule has 2 amide bonds. The number of carbonyl (C=O) groups excluding carboxylic acids is 2. The van der Waals surface area contributed by atoms with Crippen molar-refractivity contribution in [2.45, 2.75) is 6.42 Å². The average Bonchev–Trinajstić information content (AvgIpc) is 3.24. The van der Waals surface area contributed by atoms with Crippen molar-refractivity contribution in [2.75, 3.05) is 4.90 Å². The third-order valence-corrected chi connectivity index (χ3v) is 5.75. The van der Waals surface area contributed by atoms with E-state index < -0.39 is 0 Å². The molecule has 6 rings (SSSR count). The summed E-state index contributed by atoms with van der Waals surface area (Å²) in [6.07, 6.45) is 5.50. The predicted molar refractivity (Wildman–Crippen MR) is 75.3 cm³/mol. The fraction of sp³-hybridized carbons (Fsp3) is 0.412. The number of phenols is 1. The summed E-state index contributed by atoms with van der Waals surface area (Å²) in [5.74, 6) is 1.25. The van der Waals surface area contributed by atoms with E-state index in [-0.39, 0.29) is 41.2 Å². The first-order valence-corrected chi connectivity index (χ1v) is 7.52. The van der Waals surface area contributed by atoms with Crippen LogP contribution < -0.4 is 4.90 Å². The number of allylic oxidation sites excluding steroid dienone is 2. The molecule has 4 heteroatoms. The number of anilines is 1. The van der Waals surface area contributed by atoms with Gasteiger partial charge < -0.3 is 5.11 Å². The lowest BCUT2D eigenvalue weighted by molar-refractivity contribution is -0.124. The maximum absolute atomic E-state index is 12.8. The van der Waals surface area contributed by atoms with Gasteiger partial charge in [0.15, 0.2) is 0 Å². The van der Waals surface area contributed by atoms with Crippen LogP contribution in [0, 0.1) is 35.5 Å². The molecule has 4 nitrogen and oxygen atoms in total. The minimum Gasteiger partial charge on any atom is -0.508 e. The molecule has 1 aromatic rings. The minimum atomic E-state index is -0.182. The van der Waals surface area contributed by atoms with Crippen LogP contribution in [0.1, 0.15) is 6.42 Å². The molecular formula is C17H15NO3. The summed E-state index contributed by atoms with van der Waals surface area (Å²) in [5, 5.41) is 9.61. The number of hydrogen-bond donors (Lipinski definition) is 1. The van der Waals surface area contributed by atoms with E-state index in [1.54, 1.807) is 18.2 Å². The van der Waals surface area contributed by atoms with Gasteiger partial charge in [-0.1, -0.05) is 18.2 Å². The summed E-state index contributed by atoms with van der Waals surface area (Å²) in [5.41, 5.74) is 0.493. The summed E-state index contributed by atoms with van der Waals surface area (Å²) in [6.45, 7) is 0. The largest absolute Gasteiger partial charge is 0.508 e. The van der Waals surface area contributed by atoms with Crippen LogP contribution in [0.2, 0.25) is 0 Å². The maximum Gasteiger partial charge on any atom is 0.238 e. The number of hydrogen-bond acceptors (Lipinski definition) is 3. The molecule has 5 aliphatic rings. The molecule has 6 atom stereocenters. The van der Waals surface area contributed by atoms with Gasteiger partial charge in [-0.3, -0.25) is 9.59 Å². The summed E-state index contributed by atoms with van der Waals surface area (Å²) in [7, 11) is 0. The molecule has 2 bridgehead atoms. The minimum absolute atomic E-state index is 0.0758. The topological polar surface area (TPSA) is 57.6 Å². The van der Waals surface area contributed by atoms with E-state index >= 15 is 0 Å². The maximum atomic E-state index is 12.8. The van der Waals surface area contributed by atoms with Crippen molar-refractivity contribution in [1.29, 1.82) is 0 Å². The highest BCUT2D eigenvalue weighted by Gasteiger charge is 2.67. The molecule has 1 N–H and O–H groups in total. The average molecular weight is 281 g/mol. The second kappa shape index (κ2) is 3.56. The Morgan fingerprint density at radius 2 is 1.62 bits per heavy atom. The first-order chi connectivity index (χ1) is 10.2. The molecule has 0 radical (unpaired) electrons.